The Bertz CT molecular complexity index is 631. The minimum absolute atomic E-state index is 0.165. The van der Waals surface area contributed by atoms with Gasteiger partial charge < -0.3 is 15.2 Å². The molecule has 0 saturated heterocycles. The summed E-state index contributed by atoms with van der Waals surface area (Å²) in [5.41, 5.74) is -0.896. The van der Waals surface area contributed by atoms with Gasteiger partial charge in [-0.25, -0.2) is 4.79 Å². The SMILES string of the molecule is CCOC1CC(NC(=O)CCc2ccccc2Br)(C(=O)O)C1(C)C. The van der Waals surface area contributed by atoms with Gasteiger partial charge in [0.25, 0.3) is 0 Å². The number of carbonyl (C=O) groups is 2. The molecule has 5 nitrogen and oxygen atoms in total. The molecule has 2 N–H and O–H groups in total. The zero-order chi connectivity index (χ0) is 18.0. The van der Waals surface area contributed by atoms with Crippen LogP contribution in [0, 0.1) is 5.41 Å². The Kier molecular flexibility index (Phi) is 5.71. The second-order valence-corrected chi connectivity index (χ2v) is 7.57. The Balaban J connectivity index is 2.03. The number of nitrogens with one attached hydrogen (secondary N) is 1. The average molecular weight is 398 g/mol. The van der Waals surface area contributed by atoms with Gasteiger partial charge in [-0.2, -0.15) is 0 Å². The van der Waals surface area contributed by atoms with Gasteiger partial charge in [-0.3, -0.25) is 4.79 Å². The van der Waals surface area contributed by atoms with E-state index in [-0.39, 0.29) is 18.4 Å². The van der Waals surface area contributed by atoms with Gasteiger partial charge in [0.2, 0.25) is 5.91 Å². The van der Waals surface area contributed by atoms with Gasteiger partial charge in [0, 0.05) is 29.3 Å². The second kappa shape index (κ2) is 7.23. The zero-order valence-electron chi connectivity index (χ0n) is 14.3. The van der Waals surface area contributed by atoms with E-state index in [1.807, 2.05) is 45.0 Å². The van der Waals surface area contributed by atoms with Gasteiger partial charge in [0.05, 0.1) is 6.10 Å². The molecule has 2 atom stereocenters. The first-order valence-electron chi connectivity index (χ1n) is 8.14. The molecule has 2 unspecified atom stereocenters. The summed E-state index contributed by atoms with van der Waals surface area (Å²) in [6, 6.07) is 7.70. The molecule has 1 aromatic carbocycles. The van der Waals surface area contributed by atoms with Gasteiger partial charge in [0.15, 0.2) is 0 Å². The lowest BCUT2D eigenvalue weighted by molar-refractivity contribution is -0.194. The van der Waals surface area contributed by atoms with E-state index in [0.717, 1.165) is 10.0 Å². The van der Waals surface area contributed by atoms with E-state index < -0.39 is 16.9 Å². The molecular formula is C18H24BrNO4. The van der Waals surface area contributed by atoms with Crippen molar-refractivity contribution in [3.8, 4) is 0 Å². The number of amides is 1. The minimum atomic E-state index is -1.27. The van der Waals surface area contributed by atoms with Crippen molar-refractivity contribution >= 4 is 27.8 Å². The van der Waals surface area contributed by atoms with E-state index in [0.29, 0.717) is 19.4 Å². The lowest BCUT2D eigenvalue weighted by atomic mass is 9.54. The molecule has 24 heavy (non-hydrogen) atoms. The van der Waals surface area contributed by atoms with Crippen molar-refractivity contribution in [3.05, 3.63) is 34.3 Å². The molecule has 0 heterocycles. The van der Waals surface area contributed by atoms with Crippen molar-refractivity contribution < 1.29 is 19.4 Å². The summed E-state index contributed by atoms with van der Waals surface area (Å²) < 4.78 is 6.55. The van der Waals surface area contributed by atoms with Crippen molar-refractivity contribution in [3.63, 3.8) is 0 Å². The summed E-state index contributed by atoms with van der Waals surface area (Å²) in [4.78, 5) is 24.2. The Morgan fingerprint density at radius 1 is 1.38 bits per heavy atom. The van der Waals surface area contributed by atoms with Crippen molar-refractivity contribution in [1.29, 1.82) is 0 Å². The summed E-state index contributed by atoms with van der Waals surface area (Å²) >= 11 is 3.46. The number of halogens is 1. The highest BCUT2D eigenvalue weighted by Crippen LogP contribution is 2.51. The number of carboxylic acid groups (broad SMARTS) is 1. The smallest absolute Gasteiger partial charge is 0.330 e. The zero-order valence-corrected chi connectivity index (χ0v) is 15.9. The summed E-state index contributed by atoms with van der Waals surface area (Å²) in [7, 11) is 0. The predicted octanol–water partition coefficient (Wildman–Crippen LogP) is 3.16. The molecule has 0 bridgehead atoms. The number of aryl methyl sites for hydroxylation is 1. The summed E-state index contributed by atoms with van der Waals surface area (Å²) in [6.45, 7) is 6.07. The average Bonchev–Trinajstić information content (AvgIpc) is 2.52. The van der Waals surface area contributed by atoms with Gasteiger partial charge in [-0.15, -0.1) is 0 Å². The van der Waals surface area contributed by atoms with Gasteiger partial charge in [-0.05, 0) is 25.0 Å². The van der Waals surface area contributed by atoms with Crippen LogP contribution in [-0.4, -0.2) is 35.2 Å². The summed E-state index contributed by atoms with van der Waals surface area (Å²) in [5, 5.41) is 12.5. The summed E-state index contributed by atoms with van der Waals surface area (Å²) in [6.07, 6.45) is 0.928. The standard InChI is InChI=1S/C18H24BrNO4/c1-4-24-14-11-18(16(22)23,17(14,2)3)20-15(21)10-9-12-7-5-6-8-13(12)19/h5-8,14H,4,9-11H2,1-3H3,(H,20,21)(H,22,23). The minimum Gasteiger partial charge on any atom is -0.479 e. The molecule has 6 heteroatoms. The number of hydrogen-bond acceptors (Lipinski definition) is 3. The normalized spacial score (nSPS) is 24.9. The van der Waals surface area contributed by atoms with Crippen LogP contribution in [0.25, 0.3) is 0 Å². The number of rotatable bonds is 7. The number of carbonyl (C=O) groups excluding carboxylic acids is 1. The van der Waals surface area contributed by atoms with Crippen molar-refractivity contribution in [2.75, 3.05) is 6.61 Å². The van der Waals surface area contributed by atoms with E-state index in [9.17, 15) is 14.7 Å². The molecule has 1 aromatic rings. The van der Waals surface area contributed by atoms with E-state index in [2.05, 4.69) is 21.2 Å². The van der Waals surface area contributed by atoms with Crippen molar-refractivity contribution in [2.45, 2.75) is 51.7 Å². The number of ether oxygens (including phenoxy) is 1. The van der Waals surface area contributed by atoms with Crippen LogP contribution in [0.4, 0.5) is 0 Å². The lowest BCUT2D eigenvalue weighted by Gasteiger charge is -2.58. The Morgan fingerprint density at radius 2 is 2.04 bits per heavy atom. The van der Waals surface area contributed by atoms with Crippen LogP contribution < -0.4 is 5.32 Å². The molecule has 1 aliphatic carbocycles. The Labute approximate surface area is 150 Å². The third-order valence-electron chi connectivity index (χ3n) is 5.06. The van der Waals surface area contributed by atoms with Crippen LogP contribution >= 0.6 is 15.9 Å². The Hall–Kier alpha value is -1.40. The molecule has 0 spiro atoms. The third kappa shape index (κ3) is 3.35. The highest BCUT2D eigenvalue weighted by atomic mass is 79.9. The van der Waals surface area contributed by atoms with E-state index in [1.165, 1.54) is 0 Å². The fraction of sp³-hybridized carbons (Fsp3) is 0.556. The number of aliphatic carboxylic acids is 1. The van der Waals surface area contributed by atoms with E-state index in [4.69, 9.17) is 4.74 Å². The van der Waals surface area contributed by atoms with E-state index in [1.54, 1.807) is 0 Å². The predicted molar refractivity (Wildman–Crippen MR) is 94.8 cm³/mol. The molecule has 132 valence electrons. The van der Waals surface area contributed by atoms with Crippen LogP contribution in [0.1, 0.15) is 39.2 Å². The van der Waals surface area contributed by atoms with Crippen LogP contribution in [0.3, 0.4) is 0 Å². The first-order chi connectivity index (χ1) is 11.2. The van der Waals surface area contributed by atoms with E-state index >= 15 is 0 Å². The molecule has 0 aromatic heterocycles. The van der Waals surface area contributed by atoms with Crippen LogP contribution in [0.2, 0.25) is 0 Å². The molecule has 0 radical (unpaired) electrons. The van der Waals surface area contributed by atoms with Gasteiger partial charge in [0.1, 0.15) is 5.54 Å². The molecule has 1 amide bonds. The lowest BCUT2D eigenvalue weighted by Crippen LogP contribution is -2.76. The molecule has 1 aliphatic rings. The maximum Gasteiger partial charge on any atom is 0.330 e. The number of carboxylic acids is 1. The van der Waals surface area contributed by atoms with Crippen LogP contribution in [0.15, 0.2) is 28.7 Å². The topological polar surface area (TPSA) is 75.6 Å². The first kappa shape index (κ1) is 18.9. The largest absolute Gasteiger partial charge is 0.479 e. The van der Waals surface area contributed by atoms with Crippen molar-refractivity contribution in [1.82, 2.24) is 5.32 Å². The fourth-order valence-corrected chi connectivity index (χ4v) is 3.77. The van der Waals surface area contributed by atoms with Gasteiger partial charge in [-0.1, -0.05) is 48.0 Å². The number of benzene rings is 1. The van der Waals surface area contributed by atoms with Crippen LogP contribution in [0.5, 0.6) is 0 Å². The molecule has 1 fully saturated rings. The molecule has 0 aliphatic heterocycles. The first-order valence-corrected chi connectivity index (χ1v) is 8.93. The van der Waals surface area contributed by atoms with Crippen molar-refractivity contribution in [2.24, 2.45) is 5.41 Å². The quantitative estimate of drug-likeness (QED) is 0.740. The monoisotopic (exact) mass is 397 g/mol. The second-order valence-electron chi connectivity index (χ2n) is 6.72. The summed E-state index contributed by atoms with van der Waals surface area (Å²) in [5.74, 6) is -1.26. The van der Waals surface area contributed by atoms with Crippen LogP contribution in [-0.2, 0) is 20.7 Å². The maximum absolute atomic E-state index is 12.4. The van der Waals surface area contributed by atoms with Gasteiger partial charge >= 0.3 is 5.97 Å². The highest BCUT2D eigenvalue weighted by molar-refractivity contribution is 9.10. The third-order valence-corrected chi connectivity index (χ3v) is 5.84. The molecular weight excluding hydrogens is 374 g/mol. The highest BCUT2D eigenvalue weighted by Gasteiger charge is 2.66. The Morgan fingerprint density at radius 3 is 2.58 bits per heavy atom. The molecule has 1 saturated carbocycles. The number of hydrogen-bond donors (Lipinski definition) is 2. The maximum atomic E-state index is 12.4. The fourth-order valence-electron chi connectivity index (χ4n) is 3.29. The molecule has 2 rings (SSSR count).